The van der Waals surface area contributed by atoms with Crippen LogP contribution >= 0.6 is 0 Å². The first-order valence-corrected chi connectivity index (χ1v) is 8.13. The van der Waals surface area contributed by atoms with Crippen molar-refractivity contribution < 1.29 is 13.3 Å². The van der Waals surface area contributed by atoms with Gasteiger partial charge >= 0.3 is 0 Å². The fourth-order valence-electron chi connectivity index (χ4n) is 1.83. The van der Waals surface area contributed by atoms with Crippen molar-refractivity contribution in [1.82, 2.24) is 0 Å². The van der Waals surface area contributed by atoms with Crippen LogP contribution in [0.1, 0.15) is 11.1 Å². The summed E-state index contributed by atoms with van der Waals surface area (Å²) in [6.45, 7) is 1.93. The number of nitro groups is 1. The number of sulfonamides is 1. The van der Waals surface area contributed by atoms with Crippen LogP contribution in [0.5, 0.6) is 0 Å². The number of nitro benzene ring substituents is 1. The molecule has 0 aliphatic carbocycles. The van der Waals surface area contributed by atoms with Crippen molar-refractivity contribution in [3.8, 4) is 0 Å². The summed E-state index contributed by atoms with van der Waals surface area (Å²) in [5.74, 6) is 0. The Morgan fingerprint density at radius 2 is 1.83 bits per heavy atom. The summed E-state index contributed by atoms with van der Waals surface area (Å²) < 4.78 is 26.3. The van der Waals surface area contributed by atoms with Crippen molar-refractivity contribution in [3.05, 3.63) is 69.1 Å². The van der Waals surface area contributed by atoms with Gasteiger partial charge in [0.25, 0.3) is 15.7 Å². The molecule has 0 amide bonds. The minimum absolute atomic E-state index is 0.0345. The maximum atomic E-state index is 12.1. The SMILES string of the molecule is Cc1ccc(/C=C/S(=O)(=O)Nc2cccc([N+](=O)[O-])c2N)cc1. The fraction of sp³-hybridized carbons (Fsp3) is 0.0667. The highest BCUT2D eigenvalue weighted by Gasteiger charge is 2.17. The number of hydrogen-bond donors (Lipinski definition) is 2. The van der Waals surface area contributed by atoms with Crippen LogP contribution in [0.4, 0.5) is 17.1 Å². The third-order valence-electron chi connectivity index (χ3n) is 3.05. The summed E-state index contributed by atoms with van der Waals surface area (Å²) >= 11 is 0. The van der Waals surface area contributed by atoms with Gasteiger partial charge in [0.2, 0.25) is 0 Å². The van der Waals surface area contributed by atoms with E-state index in [0.717, 1.165) is 11.0 Å². The minimum Gasteiger partial charge on any atom is -0.391 e. The zero-order valence-electron chi connectivity index (χ0n) is 12.3. The molecule has 2 aromatic rings. The Morgan fingerprint density at radius 3 is 2.43 bits per heavy atom. The van der Waals surface area contributed by atoms with E-state index in [9.17, 15) is 18.5 Å². The van der Waals surface area contributed by atoms with E-state index in [1.165, 1.54) is 24.3 Å². The molecule has 0 fully saturated rings. The van der Waals surface area contributed by atoms with Gasteiger partial charge in [-0.2, -0.15) is 0 Å². The highest BCUT2D eigenvalue weighted by molar-refractivity contribution is 7.95. The lowest BCUT2D eigenvalue weighted by atomic mass is 10.2. The van der Waals surface area contributed by atoms with E-state index in [1.807, 2.05) is 19.1 Å². The Kier molecular flexibility index (Phi) is 4.65. The number of nitrogens with zero attached hydrogens (tertiary/aromatic N) is 1. The van der Waals surface area contributed by atoms with Gasteiger partial charge in [-0.05, 0) is 24.6 Å². The van der Waals surface area contributed by atoms with Gasteiger partial charge in [-0.15, -0.1) is 0 Å². The van der Waals surface area contributed by atoms with E-state index in [1.54, 1.807) is 12.1 Å². The molecule has 0 bridgehead atoms. The lowest BCUT2D eigenvalue weighted by Gasteiger charge is -2.07. The summed E-state index contributed by atoms with van der Waals surface area (Å²) in [7, 11) is -3.84. The molecule has 23 heavy (non-hydrogen) atoms. The molecule has 7 nitrogen and oxygen atoms in total. The number of benzene rings is 2. The predicted molar refractivity (Wildman–Crippen MR) is 90.3 cm³/mol. The van der Waals surface area contributed by atoms with Crippen LogP contribution in [0.25, 0.3) is 6.08 Å². The molecule has 2 rings (SSSR count). The second-order valence-electron chi connectivity index (χ2n) is 4.86. The van der Waals surface area contributed by atoms with Crippen LogP contribution in [-0.2, 0) is 10.0 Å². The van der Waals surface area contributed by atoms with Gasteiger partial charge in [0.15, 0.2) is 0 Å². The molecular weight excluding hydrogens is 318 g/mol. The smallest absolute Gasteiger partial charge is 0.294 e. The van der Waals surface area contributed by atoms with Crippen LogP contribution in [0.3, 0.4) is 0 Å². The third kappa shape index (κ3) is 4.30. The number of anilines is 2. The normalized spacial score (nSPS) is 11.5. The molecule has 0 aliphatic rings. The van der Waals surface area contributed by atoms with Crippen molar-refractivity contribution in [3.63, 3.8) is 0 Å². The van der Waals surface area contributed by atoms with Gasteiger partial charge in [-0.1, -0.05) is 35.9 Å². The summed E-state index contributed by atoms with van der Waals surface area (Å²) in [6.07, 6.45) is 1.43. The van der Waals surface area contributed by atoms with E-state index < -0.39 is 14.9 Å². The number of nitrogens with two attached hydrogens (primary N) is 1. The van der Waals surface area contributed by atoms with Crippen molar-refractivity contribution >= 4 is 33.2 Å². The Hall–Kier alpha value is -2.87. The molecule has 0 heterocycles. The lowest BCUT2D eigenvalue weighted by molar-refractivity contribution is -0.383. The predicted octanol–water partition coefficient (Wildman–Crippen LogP) is 2.90. The minimum atomic E-state index is -3.84. The van der Waals surface area contributed by atoms with Crippen LogP contribution in [0, 0.1) is 17.0 Å². The van der Waals surface area contributed by atoms with Crippen LogP contribution < -0.4 is 10.5 Å². The zero-order chi connectivity index (χ0) is 17.0. The molecule has 0 aliphatic heterocycles. The topological polar surface area (TPSA) is 115 Å². The van der Waals surface area contributed by atoms with Gasteiger partial charge in [-0.25, -0.2) is 8.42 Å². The summed E-state index contributed by atoms with van der Waals surface area (Å²) in [6, 6.07) is 11.2. The van der Waals surface area contributed by atoms with Crippen molar-refractivity contribution in [1.29, 1.82) is 0 Å². The second kappa shape index (κ2) is 6.49. The van der Waals surface area contributed by atoms with Crippen LogP contribution in [0.2, 0.25) is 0 Å². The van der Waals surface area contributed by atoms with Crippen LogP contribution in [0.15, 0.2) is 47.9 Å². The first-order valence-electron chi connectivity index (χ1n) is 6.59. The first kappa shape index (κ1) is 16.5. The summed E-state index contributed by atoms with van der Waals surface area (Å²) in [4.78, 5) is 10.1. The Balaban J connectivity index is 2.23. The number of hydrogen-bond acceptors (Lipinski definition) is 5. The Morgan fingerprint density at radius 1 is 1.17 bits per heavy atom. The standard InChI is InChI=1S/C15H15N3O4S/c1-11-5-7-12(8-6-11)9-10-23(21,22)17-13-3-2-4-14(15(13)16)18(19)20/h2-10,17H,16H2,1H3/b10-9+. The fourth-order valence-corrected chi connectivity index (χ4v) is 2.72. The highest BCUT2D eigenvalue weighted by Crippen LogP contribution is 2.29. The summed E-state index contributed by atoms with van der Waals surface area (Å²) in [5, 5.41) is 11.8. The summed E-state index contributed by atoms with van der Waals surface area (Å²) in [5.41, 5.74) is 6.78. The molecule has 0 unspecified atom stereocenters. The second-order valence-corrected chi connectivity index (χ2v) is 6.42. The maximum absolute atomic E-state index is 12.1. The van der Waals surface area contributed by atoms with Crippen molar-refractivity contribution in [2.24, 2.45) is 0 Å². The average Bonchev–Trinajstić information content (AvgIpc) is 2.48. The van der Waals surface area contributed by atoms with Crippen molar-refractivity contribution in [2.75, 3.05) is 10.5 Å². The molecule has 3 N–H and O–H groups in total. The molecule has 0 aromatic heterocycles. The molecule has 0 saturated carbocycles. The highest BCUT2D eigenvalue weighted by atomic mass is 32.2. The van der Waals surface area contributed by atoms with E-state index in [0.29, 0.717) is 5.56 Å². The van der Waals surface area contributed by atoms with Gasteiger partial charge in [-0.3, -0.25) is 14.8 Å². The molecule has 0 saturated heterocycles. The monoisotopic (exact) mass is 333 g/mol. The number of rotatable bonds is 5. The maximum Gasteiger partial charge on any atom is 0.294 e. The van der Waals surface area contributed by atoms with Crippen LogP contribution in [-0.4, -0.2) is 13.3 Å². The molecule has 8 heteroatoms. The Labute approximate surface area is 133 Å². The van der Waals surface area contributed by atoms with E-state index in [2.05, 4.69) is 4.72 Å². The molecule has 0 spiro atoms. The number of nitrogen functional groups attached to an aromatic ring is 1. The van der Waals surface area contributed by atoms with Gasteiger partial charge in [0, 0.05) is 6.07 Å². The lowest BCUT2D eigenvalue weighted by Crippen LogP contribution is -2.11. The number of aryl methyl sites for hydroxylation is 1. The average molecular weight is 333 g/mol. The van der Waals surface area contributed by atoms with Gasteiger partial charge < -0.3 is 5.73 Å². The van der Waals surface area contributed by atoms with E-state index in [-0.39, 0.29) is 17.1 Å². The largest absolute Gasteiger partial charge is 0.391 e. The van der Waals surface area contributed by atoms with E-state index in [4.69, 9.17) is 5.73 Å². The van der Waals surface area contributed by atoms with Gasteiger partial charge in [0.1, 0.15) is 5.69 Å². The van der Waals surface area contributed by atoms with Gasteiger partial charge in [0.05, 0.1) is 16.0 Å². The van der Waals surface area contributed by atoms with Crippen molar-refractivity contribution in [2.45, 2.75) is 6.92 Å². The molecule has 120 valence electrons. The molecule has 2 aromatic carbocycles. The number of nitrogens with one attached hydrogen (secondary N) is 1. The Bertz CT molecular complexity index is 859. The quantitative estimate of drug-likeness (QED) is 0.496. The third-order valence-corrected chi connectivity index (χ3v) is 4.05. The van der Waals surface area contributed by atoms with E-state index >= 15 is 0 Å². The molecular formula is C15H15N3O4S. The zero-order valence-corrected chi connectivity index (χ0v) is 13.1. The number of para-hydroxylation sites is 1. The first-order chi connectivity index (χ1) is 10.8. The molecule has 0 radical (unpaired) electrons. The molecule has 0 atom stereocenters.